The molecule has 0 aliphatic heterocycles. The molecule has 2 aromatic carbocycles. The smallest absolute Gasteiger partial charge is 0.276 e. The fraction of sp³-hybridized carbons (Fsp3) is 0.211. The van der Waals surface area contributed by atoms with Gasteiger partial charge in [0.25, 0.3) is 11.8 Å². The van der Waals surface area contributed by atoms with E-state index in [1.807, 2.05) is 24.3 Å². The van der Waals surface area contributed by atoms with E-state index >= 15 is 0 Å². The second kappa shape index (κ2) is 7.90. The van der Waals surface area contributed by atoms with E-state index in [4.69, 9.17) is 0 Å². The van der Waals surface area contributed by atoms with Crippen molar-refractivity contribution in [3.63, 3.8) is 0 Å². The summed E-state index contributed by atoms with van der Waals surface area (Å²) >= 11 is 1.30. The van der Waals surface area contributed by atoms with Crippen molar-refractivity contribution in [2.45, 2.75) is 19.8 Å². The largest absolute Gasteiger partial charge is 0.352 e. The van der Waals surface area contributed by atoms with Gasteiger partial charge in [-0.3, -0.25) is 9.59 Å². The standard InChI is InChI=1S/C19H19N3O2S/c1-2-3-12-20-18(23)13-8-10-14(11-9-13)21-19(24)17-15-6-4-5-7-16(15)25-22-17/h4-11H,2-3,12H2,1H3,(H,20,23)(H,21,24). The van der Waals surface area contributed by atoms with Gasteiger partial charge in [0.15, 0.2) is 0 Å². The van der Waals surface area contributed by atoms with Crippen molar-refractivity contribution in [3.05, 3.63) is 59.8 Å². The third-order valence-electron chi connectivity index (χ3n) is 3.81. The Morgan fingerprint density at radius 1 is 1.04 bits per heavy atom. The number of hydrogen-bond acceptors (Lipinski definition) is 4. The van der Waals surface area contributed by atoms with Gasteiger partial charge in [-0.05, 0) is 48.3 Å². The number of unbranched alkanes of at least 4 members (excludes halogenated alkanes) is 1. The van der Waals surface area contributed by atoms with Crippen molar-refractivity contribution < 1.29 is 9.59 Å². The Hall–Kier alpha value is -2.73. The normalized spacial score (nSPS) is 10.6. The van der Waals surface area contributed by atoms with Gasteiger partial charge in [0.05, 0.1) is 4.70 Å². The summed E-state index contributed by atoms with van der Waals surface area (Å²) in [6.07, 6.45) is 2.00. The zero-order valence-electron chi connectivity index (χ0n) is 13.9. The molecule has 2 amide bonds. The zero-order chi connectivity index (χ0) is 17.6. The van der Waals surface area contributed by atoms with E-state index in [-0.39, 0.29) is 11.8 Å². The lowest BCUT2D eigenvalue weighted by molar-refractivity contribution is 0.0952. The van der Waals surface area contributed by atoms with E-state index in [2.05, 4.69) is 21.9 Å². The van der Waals surface area contributed by atoms with Crippen molar-refractivity contribution in [2.24, 2.45) is 0 Å². The Morgan fingerprint density at radius 2 is 1.80 bits per heavy atom. The maximum atomic E-state index is 12.4. The molecule has 3 aromatic rings. The summed E-state index contributed by atoms with van der Waals surface area (Å²) in [7, 11) is 0. The highest BCUT2D eigenvalue weighted by Gasteiger charge is 2.14. The first-order chi connectivity index (χ1) is 12.2. The molecule has 0 atom stereocenters. The first-order valence-electron chi connectivity index (χ1n) is 8.23. The molecule has 25 heavy (non-hydrogen) atoms. The molecule has 0 unspecified atom stereocenters. The highest BCUT2D eigenvalue weighted by atomic mass is 32.1. The number of rotatable bonds is 6. The summed E-state index contributed by atoms with van der Waals surface area (Å²) < 4.78 is 5.22. The van der Waals surface area contributed by atoms with Gasteiger partial charge in [-0.15, -0.1) is 0 Å². The number of carbonyl (C=O) groups is 2. The molecule has 3 rings (SSSR count). The van der Waals surface area contributed by atoms with Crippen LogP contribution in [0.5, 0.6) is 0 Å². The van der Waals surface area contributed by atoms with Gasteiger partial charge < -0.3 is 10.6 Å². The number of carbonyl (C=O) groups excluding carboxylic acids is 2. The van der Waals surface area contributed by atoms with E-state index in [0.717, 1.165) is 22.9 Å². The van der Waals surface area contributed by atoms with Gasteiger partial charge in [0.1, 0.15) is 5.69 Å². The third-order valence-corrected chi connectivity index (χ3v) is 4.64. The summed E-state index contributed by atoms with van der Waals surface area (Å²) in [6.45, 7) is 2.75. The molecule has 0 spiro atoms. The maximum Gasteiger partial charge on any atom is 0.276 e. The molecule has 5 nitrogen and oxygen atoms in total. The predicted molar refractivity (Wildman–Crippen MR) is 101 cm³/mol. The minimum Gasteiger partial charge on any atom is -0.352 e. The summed E-state index contributed by atoms with van der Waals surface area (Å²) in [5, 5.41) is 6.54. The zero-order valence-corrected chi connectivity index (χ0v) is 14.7. The highest BCUT2D eigenvalue weighted by Crippen LogP contribution is 2.23. The molecule has 128 valence electrons. The van der Waals surface area contributed by atoms with E-state index < -0.39 is 0 Å². The Balaban J connectivity index is 1.67. The van der Waals surface area contributed by atoms with Crippen LogP contribution in [-0.2, 0) is 0 Å². The number of nitrogens with one attached hydrogen (secondary N) is 2. The first kappa shape index (κ1) is 17.1. The molecule has 2 N–H and O–H groups in total. The summed E-state index contributed by atoms with van der Waals surface area (Å²) in [5.74, 6) is -0.352. The number of hydrogen-bond donors (Lipinski definition) is 2. The van der Waals surface area contributed by atoms with Crippen LogP contribution in [0.4, 0.5) is 5.69 Å². The van der Waals surface area contributed by atoms with Crippen LogP contribution in [0.25, 0.3) is 10.1 Å². The fourth-order valence-corrected chi connectivity index (χ4v) is 3.20. The quantitative estimate of drug-likeness (QED) is 0.656. The number of amides is 2. The highest BCUT2D eigenvalue weighted by molar-refractivity contribution is 7.13. The van der Waals surface area contributed by atoms with Gasteiger partial charge in [-0.1, -0.05) is 31.5 Å². The second-order valence-corrected chi connectivity index (χ2v) is 6.47. The average molecular weight is 353 g/mol. The number of aromatic nitrogens is 1. The van der Waals surface area contributed by atoms with Crippen molar-refractivity contribution in [1.82, 2.24) is 9.69 Å². The van der Waals surface area contributed by atoms with Gasteiger partial charge in [0, 0.05) is 23.2 Å². The van der Waals surface area contributed by atoms with Gasteiger partial charge in [-0.25, -0.2) is 0 Å². The Morgan fingerprint density at radius 3 is 2.56 bits per heavy atom. The molecule has 0 aliphatic rings. The second-order valence-electron chi connectivity index (χ2n) is 5.67. The monoisotopic (exact) mass is 353 g/mol. The molecule has 0 fully saturated rings. The van der Waals surface area contributed by atoms with E-state index in [1.54, 1.807) is 24.3 Å². The van der Waals surface area contributed by atoms with Crippen molar-refractivity contribution in [2.75, 3.05) is 11.9 Å². The number of nitrogens with zero attached hydrogens (tertiary/aromatic N) is 1. The Bertz CT molecular complexity index is 887. The van der Waals surface area contributed by atoms with Gasteiger partial charge in [0.2, 0.25) is 0 Å². The molecule has 0 aliphatic carbocycles. The van der Waals surface area contributed by atoms with Crippen molar-refractivity contribution in [1.29, 1.82) is 0 Å². The van der Waals surface area contributed by atoms with Crippen molar-refractivity contribution in [3.8, 4) is 0 Å². The van der Waals surface area contributed by atoms with Crippen LogP contribution in [0.2, 0.25) is 0 Å². The van der Waals surface area contributed by atoms with Gasteiger partial charge in [-0.2, -0.15) is 4.37 Å². The van der Waals surface area contributed by atoms with Crippen LogP contribution < -0.4 is 10.6 Å². The summed E-state index contributed by atoms with van der Waals surface area (Å²) in [5.41, 5.74) is 1.63. The van der Waals surface area contributed by atoms with E-state index in [9.17, 15) is 9.59 Å². The number of anilines is 1. The number of fused-ring (bicyclic) bond motifs is 1. The first-order valence-corrected chi connectivity index (χ1v) is 9.00. The molecular formula is C19H19N3O2S. The Kier molecular flexibility index (Phi) is 5.40. The molecule has 6 heteroatoms. The van der Waals surface area contributed by atoms with E-state index in [1.165, 1.54) is 11.5 Å². The minimum absolute atomic E-state index is 0.100. The average Bonchev–Trinajstić information content (AvgIpc) is 3.06. The molecule has 1 aromatic heterocycles. The molecule has 1 heterocycles. The lowest BCUT2D eigenvalue weighted by atomic mass is 10.1. The molecule has 0 saturated heterocycles. The van der Waals surface area contributed by atoms with Crippen LogP contribution in [0.1, 0.15) is 40.6 Å². The fourth-order valence-electron chi connectivity index (χ4n) is 2.43. The SMILES string of the molecule is CCCCNC(=O)c1ccc(NC(=O)c2nsc3ccccc23)cc1. The molecule has 0 bridgehead atoms. The summed E-state index contributed by atoms with van der Waals surface area (Å²) in [4.78, 5) is 24.4. The van der Waals surface area contributed by atoms with Crippen LogP contribution in [0.3, 0.4) is 0 Å². The lowest BCUT2D eigenvalue weighted by Crippen LogP contribution is -2.24. The summed E-state index contributed by atoms with van der Waals surface area (Å²) in [6, 6.07) is 14.5. The molecular weight excluding hydrogens is 334 g/mol. The van der Waals surface area contributed by atoms with Gasteiger partial charge >= 0.3 is 0 Å². The number of benzene rings is 2. The predicted octanol–water partition coefficient (Wildman–Crippen LogP) is 4.08. The van der Waals surface area contributed by atoms with Crippen LogP contribution in [0.15, 0.2) is 48.5 Å². The third kappa shape index (κ3) is 4.03. The molecule has 0 saturated carbocycles. The lowest BCUT2D eigenvalue weighted by Gasteiger charge is -2.07. The molecule has 0 radical (unpaired) electrons. The Labute approximate surface area is 150 Å². The van der Waals surface area contributed by atoms with E-state index in [0.29, 0.717) is 23.5 Å². The van der Waals surface area contributed by atoms with Crippen LogP contribution in [-0.4, -0.2) is 22.7 Å². The topological polar surface area (TPSA) is 71.1 Å². The van der Waals surface area contributed by atoms with Crippen molar-refractivity contribution >= 4 is 39.1 Å². The maximum absolute atomic E-state index is 12.4. The minimum atomic E-state index is -0.252. The van der Waals surface area contributed by atoms with Crippen LogP contribution in [0, 0.1) is 0 Å². The van der Waals surface area contributed by atoms with Crippen LogP contribution >= 0.6 is 11.5 Å².